The third-order valence-electron chi connectivity index (χ3n) is 7.76. The minimum atomic E-state index is -4.74. The fourth-order valence-electron chi connectivity index (χ4n) is 5.49. The molecule has 42 heavy (non-hydrogen) atoms. The highest BCUT2D eigenvalue weighted by molar-refractivity contribution is 6.02. The van der Waals surface area contributed by atoms with Crippen LogP contribution in [0.3, 0.4) is 0 Å². The van der Waals surface area contributed by atoms with Crippen LogP contribution in [0.5, 0.6) is 5.75 Å². The molecule has 0 aliphatic heterocycles. The monoisotopic (exact) mass is 583 g/mol. The van der Waals surface area contributed by atoms with E-state index in [-0.39, 0.29) is 71.1 Å². The van der Waals surface area contributed by atoms with Crippen molar-refractivity contribution in [2.24, 2.45) is 20.0 Å². The van der Waals surface area contributed by atoms with Gasteiger partial charge >= 0.3 is 6.18 Å². The summed E-state index contributed by atoms with van der Waals surface area (Å²) in [6.07, 6.45) is 1.93. The zero-order valence-corrected chi connectivity index (χ0v) is 23.9. The van der Waals surface area contributed by atoms with E-state index in [9.17, 15) is 22.4 Å². The molecule has 0 spiro atoms. The van der Waals surface area contributed by atoms with Crippen molar-refractivity contribution in [3.05, 3.63) is 88.3 Å². The standard InChI is InChI=1S/C31H33F4N5O2/c1-5-42-28-23(25-17-39(4)37-29(25)31(33,34)35)13-19(16-40-11-10-38(3)30(40)36)14-24(28)27(41)15-22(20-6-7-20)21-8-9-26(32)18(2)12-21/h8-14,17,20,22,36H,5-7,15-16H2,1-4H3/t22-/m0/s1. The van der Waals surface area contributed by atoms with Gasteiger partial charge in [-0.2, -0.15) is 18.3 Å². The minimum absolute atomic E-state index is 0.0683. The summed E-state index contributed by atoms with van der Waals surface area (Å²) >= 11 is 0. The van der Waals surface area contributed by atoms with Crippen molar-refractivity contribution in [2.75, 3.05) is 6.61 Å². The van der Waals surface area contributed by atoms with Crippen LogP contribution in [-0.4, -0.2) is 31.3 Å². The van der Waals surface area contributed by atoms with E-state index in [2.05, 4.69) is 5.10 Å². The van der Waals surface area contributed by atoms with Crippen LogP contribution in [0.4, 0.5) is 17.6 Å². The number of carbonyl (C=O) groups excluding carboxylic acids is 1. The van der Waals surface area contributed by atoms with Crippen LogP contribution < -0.4 is 10.4 Å². The van der Waals surface area contributed by atoms with E-state index in [4.69, 9.17) is 10.1 Å². The maximum atomic E-state index is 14.1. The molecule has 2 aromatic heterocycles. The van der Waals surface area contributed by atoms with Gasteiger partial charge in [-0.1, -0.05) is 12.1 Å². The molecule has 1 fully saturated rings. The highest BCUT2D eigenvalue weighted by Crippen LogP contribution is 2.47. The number of hydrogen-bond donors (Lipinski definition) is 1. The van der Waals surface area contributed by atoms with Crippen LogP contribution in [0.1, 0.15) is 64.8 Å². The van der Waals surface area contributed by atoms with Gasteiger partial charge in [-0.05, 0) is 73.4 Å². The fraction of sp³-hybridized carbons (Fsp3) is 0.387. The molecule has 0 unspecified atom stereocenters. The Balaban J connectivity index is 1.65. The molecule has 1 N–H and O–H groups in total. The SMILES string of the molecule is CCOc1c(C(=O)C[C@H](c2ccc(F)c(C)c2)C2CC2)cc(Cn2ccn(C)c2=N)cc1-c1cn(C)nc1C(F)(F)F. The lowest BCUT2D eigenvalue weighted by molar-refractivity contribution is -0.140. The summed E-state index contributed by atoms with van der Waals surface area (Å²) < 4.78 is 66.6. The Kier molecular flexibility index (Phi) is 7.87. The normalized spacial score (nSPS) is 14.3. The number of imidazole rings is 1. The van der Waals surface area contributed by atoms with Crippen molar-refractivity contribution < 1.29 is 27.1 Å². The summed E-state index contributed by atoms with van der Waals surface area (Å²) in [5.41, 5.74) is 1.11. The lowest BCUT2D eigenvalue weighted by Gasteiger charge is -2.21. The van der Waals surface area contributed by atoms with Gasteiger partial charge < -0.3 is 13.9 Å². The minimum Gasteiger partial charge on any atom is -0.492 e. The molecular weight excluding hydrogens is 550 g/mol. The highest BCUT2D eigenvalue weighted by Gasteiger charge is 2.39. The zero-order chi connectivity index (χ0) is 30.3. The first-order valence-corrected chi connectivity index (χ1v) is 13.8. The number of Topliss-reactive ketones (excluding diaryl/α,β-unsaturated/α-hetero) is 1. The van der Waals surface area contributed by atoms with Crippen LogP contribution in [0.15, 0.2) is 48.9 Å². The van der Waals surface area contributed by atoms with Gasteiger partial charge in [0.2, 0.25) is 5.62 Å². The van der Waals surface area contributed by atoms with Gasteiger partial charge in [-0.25, -0.2) is 4.39 Å². The second-order valence-corrected chi connectivity index (χ2v) is 11.0. The smallest absolute Gasteiger partial charge is 0.435 e. The number of nitrogens with zero attached hydrogens (tertiary/aromatic N) is 4. The van der Waals surface area contributed by atoms with E-state index in [1.807, 2.05) is 0 Å². The number of ether oxygens (including phenoxy) is 1. The lowest BCUT2D eigenvalue weighted by atomic mass is 9.85. The summed E-state index contributed by atoms with van der Waals surface area (Å²) in [5.74, 6) is -0.427. The van der Waals surface area contributed by atoms with Gasteiger partial charge in [0.1, 0.15) is 11.6 Å². The first-order chi connectivity index (χ1) is 19.9. The van der Waals surface area contributed by atoms with Crippen molar-refractivity contribution in [1.82, 2.24) is 18.9 Å². The third kappa shape index (κ3) is 5.91. The van der Waals surface area contributed by atoms with Crippen molar-refractivity contribution >= 4 is 5.78 Å². The molecule has 0 bridgehead atoms. The number of benzene rings is 2. The number of hydrogen-bond acceptors (Lipinski definition) is 4. The van der Waals surface area contributed by atoms with E-state index in [0.29, 0.717) is 11.1 Å². The molecule has 5 rings (SSSR count). The number of ketones is 1. The van der Waals surface area contributed by atoms with E-state index in [0.717, 1.165) is 23.1 Å². The quantitative estimate of drug-likeness (QED) is 0.174. The van der Waals surface area contributed by atoms with Gasteiger partial charge in [0.25, 0.3) is 0 Å². The summed E-state index contributed by atoms with van der Waals surface area (Å²) in [4.78, 5) is 14.1. The molecule has 2 heterocycles. The van der Waals surface area contributed by atoms with Gasteiger partial charge in [0.05, 0.1) is 18.7 Å². The van der Waals surface area contributed by atoms with Crippen LogP contribution in [-0.2, 0) is 26.8 Å². The first kappa shape index (κ1) is 29.3. The molecule has 7 nitrogen and oxygen atoms in total. The molecule has 11 heteroatoms. The summed E-state index contributed by atoms with van der Waals surface area (Å²) in [6.45, 7) is 3.67. The maximum absolute atomic E-state index is 14.1. The molecule has 0 amide bonds. The number of rotatable bonds is 10. The topological polar surface area (TPSA) is 77.8 Å². The van der Waals surface area contributed by atoms with Crippen molar-refractivity contribution in [3.63, 3.8) is 0 Å². The van der Waals surface area contributed by atoms with Crippen molar-refractivity contribution in [2.45, 2.75) is 51.7 Å². The Morgan fingerprint density at radius 3 is 2.48 bits per heavy atom. The number of nitrogens with one attached hydrogen (secondary N) is 1. The molecule has 1 aliphatic rings. The summed E-state index contributed by atoms with van der Waals surface area (Å²) in [6, 6.07) is 8.11. The molecule has 1 saturated carbocycles. The Morgan fingerprint density at radius 2 is 1.88 bits per heavy atom. The predicted molar refractivity (Wildman–Crippen MR) is 149 cm³/mol. The molecule has 4 aromatic rings. The fourth-order valence-corrected chi connectivity index (χ4v) is 5.49. The average Bonchev–Trinajstić information content (AvgIpc) is 3.62. The molecule has 1 aliphatic carbocycles. The van der Waals surface area contributed by atoms with E-state index in [1.165, 1.54) is 19.3 Å². The predicted octanol–water partition coefficient (Wildman–Crippen LogP) is 6.39. The van der Waals surface area contributed by atoms with Crippen LogP contribution in [0.2, 0.25) is 0 Å². The van der Waals surface area contributed by atoms with Crippen molar-refractivity contribution in [1.29, 1.82) is 5.41 Å². The van der Waals surface area contributed by atoms with Gasteiger partial charge in [-0.15, -0.1) is 0 Å². The van der Waals surface area contributed by atoms with E-state index >= 15 is 0 Å². The number of halogens is 4. The number of carbonyl (C=O) groups is 1. The third-order valence-corrected chi connectivity index (χ3v) is 7.76. The Labute approximate surface area is 240 Å². The molecular formula is C31H33F4N5O2. The molecule has 1 atom stereocenters. The van der Waals surface area contributed by atoms with Gasteiger partial charge in [0.15, 0.2) is 11.5 Å². The van der Waals surface area contributed by atoms with Gasteiger partial charge in [0, 0.05) is 50.2 Å². The van der Waals surface area contributed by atoms with E-state index in [1.54, 1.807) is 66.7 Å². The number of aryl methyl sites for hydroxylation is 3. The van der Waals surface area contributed by atoms with Crippen molar-refractivity contribution in [3.8, 4) is 16.9 Å². The lowest BCUT2D eigenvalue weighted by Crippen LogP contribution is -2.23. The Hall–Kier alpha value is -4.15. The highest BCUT2D eigenvalue weighted by atomic mass is 19.4. The number of aromatic nitrogens is 4. The summed E-state index contributed by atoms with van der Waals surface area (Å²) in [5, 5.41) is 12.0. The second-order valence-electron chi connectivity index (χ2n) is 11.0. The molecule has 0 saturated heterocycles. The van der Waals surface area contributed by atoms with E-state index < -0.39 is 11.9 Å². The van der Waals surface area contributed by atoms with Crippen LogP contribution in [0, 0.1) is 24.1 Å². The molecule has 2 aromatic carbocycles. The molecule has 0 radical (unpaired) electrons. The summed E-state index contributed by atoms with van der Waals surface area (Å²) in [7, 11) is 3.13. The second kappa shape index (κ2) is 11.3. The maximum Gasteiger partial charge on any atom is 0.435 e. The number of alkyl halides is 3. The van der Waals surface area contributed by atoms with Crippen LogP contribution >= 0.6 is 0 Å². The van der Waals surface area contributed by atoms with Gasteiger partial charge in [-0.3, -0.25) is 14.9 Å². The van der Waals surface area contributed by atoms with Crippen LogP contribution in [0.25, 0.3) is 11.1 Å². The average molecular weight is 584 g/mol. The Bertz CT molecular complexity index is 1690. The Morgan fingerprint density at radius 1 is 1.14 bits per heavy atom. The molecule has 222 valence electrons. The zero-order valence-electron chi connectivity index (χ0n) is 23.9. The largest absolute Gasteiger partial charge is 0.492 e. The first-order valence-electron chi connectivity index (χ1n) is 13.8.